The Labute approximate surface area is 202 Å². The Kier molecular flexibility index (Phi) is 7.94. The van der Waals surface area contributed by atoms with Gasteiger partial charge >= 0.3 is 5.97 Å². The van der Waals surface area contributed by atoms with Crippen LogP contribution in [-0.2, 0) is 23.5 Å². The van der Waals surface area contributed by atoms with E-state index in [0.717, 1.165) is 10.4 Å². The second kappa shape index (κ2) is 10.5. The van der Waals surface area contributed by atoms with Gasteiger partial charge in [-0.2, -0.15) is 0 Å². The number of likely N-dealkylation sites (tertiary alicyclic amines) is 1. The average molecular weight is 483 g/mol. The van der Waals surface area contributed by atoms with E-state index in [0.29, 0.717) is 13.0 Å². The van der Waals surface area contributed by atoms with E-state index in [9.17, 15) is 14.4 Å². The molecule has 1 N–H and O–H groups in total. The molecule has 182 valence electrons. The summed E-state index contributed by atoms with van der Waals surface area (Å²) in [6, 6.07) is 18.7. The number of amides is 2. The number of ether oxygens (including phenoxy) is 1. The van der Waals surface area contributed by atoms with E-state index in [1.54, 1.807) is 0 Å². The van der Waals surface area contributed by atoms with Crippen LogP contribution in [0.5, 0.6) is 0 Å². The van der Waals surface area contributed by atoms with Gasteiger partial charge in [-0.25, -0.2) is 4.79 Å². The summed E-state index contributed by atoms with van der Waals surface area (Å²) in [4.78, 5) is 38.8. The van der Waals surface area contributed by atoms with E-state index in [2.05, 4.69) is 50.4 Å². The lowest BCUT2D eigenvalue weighted by atomic mass is 10.2. The smallest absolute Gasteiger partial charge is 0.330 e. The van der Waals surface area contributed by atoms with Crippen LogP contribution < -0.4 is 15.7 Å². The molecule has 1 heterocycles. The molecular formula is C26H34N2O5Si. The summed E-state index contributed by atoms with van der Waals surface area (Å²) in [7, 11) is -1.59. The minimum atomic E-state index is -2.90. The topological polar surface area (TPSA) is 84.9 Å². The Morgan fingerprint density at radius 2 is 1.59 bits per heavy atom. The van der Waals surface area contributed by atoms with Crippen LogP contribution in [0.3, 0.4) is 0 Å². The number of benzene rings is 2. The largest absolute Gasteiger partial charge is 0.467 e. The van der Waals surface area contributed by atoms with Crippen LogP contribution in [0.15, 0.2) is 60.7 Å². The molecule has 1 fully saturated rings. The highest BCUT2D eigenvalue weighted by Crippen LogP contribution is 2.37. The highest BCUT2D eigenvalue weighted by atomic mass is 28.4. The van der Waals surface area contributed by atoms with Gasteiger partial charge < -0.3 is 19.4 Å². The maximum Gasteiger partial charge on any atom is 0.330 e. The third-order valence-electron chi connectivity index (χ3n) is 6.34. The van der Waals surface area contributed by atoms with Crippen LogP contribution in [-0.4, -0.2) is 63.3 Å². The molecule has 34 heavy (non-hydrogen) atoms. The van der Waals surface area contributed by atoms with Gasteiger partial charge in [0.25, 0.3) is 8.32 Å². The van der Waals surface area contributed by atoms with Crippen LogP contribution in [0.2, 0.25) is 5.04 Å². The van der Waals surface area contributed by atoms with Gasteiger partial charge in [0.1, 0.15) is 6.04 Å². The zero-order chi connectivity index (χ0) is 24.9. The molecule has 0 aromatic heterocycles. The van der Waals surface area contributed by atoms with E-state index in [1.165, 1.54) is 18.9 Å². The zero-order valence-corrected chi connectivity index (χ0v) is 21.5. The van der Waals surface area contributed by atoms with Gasteiger partial charge in [-0.1, -0.05) is 81.4 Å². The molecule has 0 bridgehead atoms. The summed E-state index contributed by atoms with van der Waals surface area (Å²) in [5.41, 5.74) is 0. The van der Waals surface area contributed by atoms with Crippen LogP contribution in [0.25, 0.3) is 0 Å². The first kappa shape index (κ1) is 25.6. The summed E-state index contributed by atoms with van der Waals surface area (Å²) in [5.74, 6) is -1.11. The quantitative estimate of drug-likeness (QED) is 0.459. The minimum absolute atomic E-state index is 0.00150. The molecule has 0 spiro atoms. The number of carbonyl (C=O) groups excluding carboxylic acids is 3. The number of hydrogen-bond acceptors (Lipinski definition) is 5. The highest BCUT2D eigenvalue weighted by molar-refractivity contribution is 6.99. The average Bonchev–Trinajstić information content (AvgIpc) is 3.16. The van der Waals surface area contributed by atoms with Gasteiger partial charge in [-0.05, 0) is 21.8 Å². The number of nitrogens with zero attached hydrogens (tertiary/aromatic N) is 1. The SMILES string of the molecule is COC(=O)C(CO[Si](c1ccccc1)(c1ccccc1)C(C)(C)C)N1CC[C@H](NC(C)=O)C1=O. The maximum absolute atomic E-state index is 13.0. The van der Waals surface area contributed by atoms with Crippen LogP contribution in [0.4, 0.5) is 0 Å². The molecule has 0 aliphatic carbocycles. The Balaban J connectivity index is 2.01. The van der Waals surface area contributed by atoms with Gasteiger partial charge in [-0.3, -0.25) is 9.59 Å². The molecule has 0 radical (unpaired) electrons. The molecule has 8 heteroatoms. The Morgan fingerprint density at radius 1 is 1.06 bits per heavy atom. The first-order chi connectivity index (χ1) is 16.1. The van der Waals surface area contributed by atoms with Crippen molar-refractivity contribution in [3.05, 3.63) is 60.7 Å². The summed E-state index contributed by atoms with van der Waals surface area (Å²) in [6.07, 6.45) is 0.436. The van der Waals surface area contributed by atoms with Crippen LogP contribution in [0.1, 0.15) is 34.1 Å². The first-order valence-corrected chi connectivity index (χ1v) is 13.4. The summed E-state index contributed by atoms with van der Waals surface area (Å²) < 4.78 is 12.0. The highest BCUT2D eigenvalue weighted by Gasteiger charge is 2.51. The van der Waals surface area contributed by atoms with Crippen LogP contribution >= 0.6 is 0 Å². The molecule has 1 aliphatic heterocycles. The van der Waals surface area contributed by atoms with Crippen molar-refractivity contribution in [3.63, 3.8) is 0 Å². The van der Waals surface area contributed by atoms with E-state index in [-0.39, 0.29) is 23.5 Å². The molecule has 2 aromatic carbocycles. The van der Waals surface area contributed by atoms with Gasteiger partial charge in [0.2, 0.25) is 11.8 Å². The van der Waals surface area contributed by atoms with Crippen molar-refractivity contribution in [2.24, 2.45) is 0 Å². The van der Waals surface area contributed by atoms with E-state index >= 15 is 0 Å². The Bertz CT molecular complexity index is 967. The fraction of sp³-hybridized carbons (Fsp3) is 0.423. The third-order valence-corrected chi connectivity index (χ3v) is 11.3. The lowest BCUT2D eigenvalue weighted by Gasteiger charge is -2.44. The van der Waals surface area contributed by atoms with Crippen molar-refractivity contribution in [2.75, 3.05) is 20.3 Å². The molecule has 2 atom stereocenters. The molecule has 1 aliphatic rings. The lowest BCUT2D eigenvalue weighted by Crippen LogP contribution is -2.67. The van der Waals surface area contributed by atoms with Gasteiger partial charge in [0.15, 0.2) is 6.04 Å². The third kappa shape index (κ3) is 5.08. The number of nitrogens with one attached hydrogen (secondary N) is 1. The predicted molar refractivity (Wildman–Crippen MR) is 133 cm³/mol. The Hall–Kier alpha value is -2.97. The molecule has 3 rings (SSSR count). The van der Waals surface area contributed by atoms with Crippen LogP contribution in [0, 0.1) is 0 Å². The van der Waals surface area contributed by atoms with E-state index in [1.807, 2.05) is 36.4 Å². The normalized spacial score (nSPS) is 17.4. The molecule has 2 amide bonds. The van der Waals surface area contributed by atoms with E-state index in [4.69, 9.17) is 9.16 Å². The van der Waals surface area contributed by atoms with Crippen molar-refractivity contribution in [2.45, 2.75) is 51.2 Å². The van der Waals surface area contributed by atoms with Gasteiger partial charge in [-0.15, -0.1) is 0 Å². The van der Waals surface area contributed by atoms with E-state index < -0.39 is 26.4 Å². The maximum atomic E-state index is 13.0. The molecule has 0 saturated carbocycles. The summed E-state index contributed by atoms with van der Waals surface area (Å²) in [6.45, 7) is 8.17. The standard InChI is InChI=1S/C26H34N2O5Si/c1-19(29)27-22-16-17-28(24(22)30)23(25(31)32-5)18-33-34(26(2,3)4,20-12-8-6-9-13-20)21-14-10-7-11-15-21/h6-15,22-23H,16-18H2,1-5H3,(H,27,29)/t22-,23?/m0/s1. The molecular weight excluding hydrogens is 448 g/mol. The number of carbonyl (C=O) groups is 3. The predicted octanol–water partition coefficient (Wildman–Crippen LogP) is 1.84. The Morgan fingerprint density at radius 3 is 2.03 bits per heavy atom. The fourth-order valence-corrected chi connectivity index (χ4v) is 9.34. The number of methoxy groups -OCH3 is 1. The fourth-order valence-electron chi connectivity index (χ4n) is 4.78. The minimum Gasteiger partial charge on any atom is -0.467 e. The lowest BCUT2D eigenvalue weighted by molar-refractivity contribution is -0.153. The number of rotatable bonds is 8. The van der Waals surface area contributed by atoms with Gasteiger partial charge in [0.05, 0.1) is 13.7 Å². The monoisotopic (exact) mass is 482 g/mol. The van der Waals surface area contributed by atoms with Crippen molar-refractivity contribution in [1.29, 1.82) is 0 Å². The number of hydrogen-bond donors (Lipinski definition) is 1. The molecule has 1 saturated heterocycles. The zero-order valence-electron chi connectivity index (χ0n) is 20.5. The van der Waals surface area contributed by atoms with Crippen molar-refractivity contribution in [1.82, 2.24) is 10.2 Å². The molecule has 2 aromatic rings. The van der Waals surface area contributed by atoms with Crippen molar-refractivity contribution in [3.8, 4) is 0 Å². The molecule has 1 unspecified atom stereocenters. The summed E-state index contributed by atoms with van der Waals surface area (Å²) in [5, 5.41) is 4.56. The summed E-state index contributed by atoms with van der Waals surface area (Å²) >= 11 is 0. The van der Waals surface area contributed by atoms with Crippen molar-refractivity contribution >= 4 is 36.5 Å². The first-order valence-electron chi connectivity index (χ1n) is 11.5. The second-order valence-corrected chi connectivity index (χ2v) is 13.9. The molecule has 7 nitrogen and oxygen atoms in total. The van der Waals surface area contributed by atoms with Gasteiger partial charge in [0, 0.05) is 13.5 Å². The second-order valence-electron chi connectivity index (χ2n) is 9.59. The van der Waals surface area contributed by atoms with Crippen molar-refractivity contribution < 1.29 is 23.5 Å². The number of esters is 1.